The molecule has 0 spiro atoms. The van der Waals surface area contributed by atoms with Crippen LogP contribution in [0.5, 0.6) is 17.2 Å². The third-order valence-corrected chi connectivity index (χ3v) is 5.27. The number of aromatic carboxylic acids is 1. The molecule has 0 unspecified atom stereocenters. The van der Waals surface area contributed by atoms with Crippen LogP contribution in [-0.2, 0) is 6.54 Å². The Morgan fingerprint density at radius 2 is 1.83 bits per heavy atom. The second kappa shape index (κ2) is 12.0. The van der Waals surface area contributed by atoms with Crippen LogP contribution in [0.25, 0.3) is 0 Å². The summed E-state index contributed by atoms with van der Waals surface area (Å²) in [7, 11) is 3.90. The number of nitrogens with one attached hydrogen (secondary N) is 2. The molecule has 0 fully saturated rings. The van der Waals surface area contributed by atoms with E-state index in [1.54, 1.807) is 42.5 Å². The summed E-state index contributed by atoms with van der Waals surface area (Å²) in [6.07, 6.45) is 1.37. The Hall–Kier alpha value is -3.82. The number of carbonyl (C=O) groups is 2. The minimum absolute atomic E-state index is 0.100. The average Bonchev–Trinajstić information content (AvgIpc) is 2.81. The van der Waals surface area contributed by atoms with Gasteiger partial charge in [-0.25, -0.2) is 14.6 Å². The average molecular weight is 499 g/mol. The lowest BCUT2D eigenvalue weighted by molar-refractivity contribution is 0.0690. The SMILES string of the molecule is Cc1cc(NC(=O)NCc2ccc(Oc3ccnc(C(=O)O)c3)cc2)c(OCCN(C)C)cc1Cl. The number of carboxylic acids is 1. The van der Waals surface area contributed by atoms with E-state index >= 15 is 0 Å². The molecule has 10 heteroatoms. The molecule has 3 rings (SSSR count). The molecule has 184 valence electrons. The number of ether oxygens (including phenoxy) is 2. The Labute approximate surface area is 208 Å². The molecule has 0 saturated carbocycles. The number of hydrogen-bond acceptors (Lipinski definition) is 6. The van der Waals surface area contributed by atoms with E-state index in [0.717, 1.165) is 17.7 Å². The predicted molar refractivity (Wildman–Crippen MR) is 134 cm³/mol. The highest BCUT2D eigenvalue weighted by molar-refractivity contribution is 6.31. The lowest BCUT2D eigenvalue weighted by atomic mass is 10.2. The Morgan fingerprint density at radius 1 is 1.09 bits per heavy atom. The summed E-state index contributed by atoms with van der Waals surface area (Å²) in [4.78, 5) is 29.3. The molecule has 3 N–H and O–H groups in total. The molecule has 9 nitrogen and oxygen atoms in total. The van der Waals surface area contributed by atoms with Crippen LogP contribution in [0.15, 0.2) is 54.7 Å². The summed E-state index contributed by atoms with van der Waals surface area (Å²) < 4.78 is 11.5. The number of rotatable bonds is 10. The van der Waals surface area contributed by atoms with Crippen LogP contribution in [0.3, 0.4) is 0 Å². The van der Waals surface area contributed by atoms with Crippen LogP contribution in [0.1, 0.15) is 21.6 Å². The quantitative estimate of drug-likeness (QED) is 0.368. The number of nitrogens with zero attached hydrogens (tertiary/aromatic N) is 2. The van der Waals surface area contributed by atoms with Crippen molar-refractivity contribution in [3.05, 3.63) is 76.6 Å². The van der Waals surface area contributed by atoms with Crippen molar-refractivity contribution in [2.24, 2.45) is 0 Å². The minimum atomic E-state index is -1.13. The van der Waals surface area contributed by atoms with Gasteiger partial charge >= 0.3 is 12.0 Å². The van der Waals surface area contributed by atoms with E-state index in [4.69, 9.17) is 26.2 Å². The third kappa shape index (κ3) is 7.87. The van der Waals surface area contributed by atoms with Gasteiger partial charge in [-0.1, -0.05) is 23.7 Å². The monoisotopic (exact) mass is 498 g/mol. The van der Waals surface area contributed by atoms with Crippen LogP contribution < -0.4 is 20.1 Å². The number of amides is 2. The number of carbonyl (C=O) groups excluding carboxylic acids is 1. The fourth-order valence-corrected chi connectivity index (χ4v) is 3.12. The van der Waals surface area contributed by atoms with Crippen LogP contribution in [0.4, 0.5) is 10.5 Å². The van der Waals surface area contributed by atoms with Gasteiger partial charge in [-0.2, -0.15) is 0 Å². The Balaban J connectivity index is 1.56. The highest BCUT2D eigenvalue weighted by Gasteiger charge is 2.12. The highest BCUT2D eigenvalue weighted by atomic mass is 35.5. The van der Waals surface area contributed by atoms with Crippen molar-refractivity contribution in [2.75, 3.05) is 32.6 Å². The van der Waals surface area contributed by atoms with Gasteiger partial charge in [0.2, 0.25) is 0 Å². The summed E-state index contributed by atoms with van der Waals surface area (Å²) >= 11 is 6.23. The number of carboxylic acid groups (broad SMARTS) is 1. The molecule has 1 heterocycles. The van der Waals surface area contributed by atoms with Gasteiger partial charge in [0.05, 0.1) is 5.69 Å². The molecule has 3 aromatic rings. The van der Waals surface area contributed by atoms with E-state index in [2.05, 4.69) is 15.6 Å². The summed E-state index contributed by atoms with van der Waals surface area (Å²) in [5.41, 5.74) is 2.10. The van der Waals surface area contributed by atoms with Gasteiger partial charge in [-0.15, -0.1) is 0 Å². The predicted octanol–water partition coefficient (Wildman–Crippen LogP) is 4.80. The van der Waals surface area contributed by atoms with Crippen molar-refractivity contribution in [3.63, 3.8) is 0 Å². The Morgan fingerprint density at radius 3 is 2.51 bits per heavy atom. The molecule has 1 aromatic heterocycles. The molecular weight excluding hydrogens is 472 g/mol. The molecular formula is C25H27ClN4O5. The lowest BCUT2D eigenvalue weighted by Gasteiger charge is -2.16. The maximum atomic E-state index is 12.5. The van der Waals surface area contributed by atoms with Gasteiger partial charge in [0.15, 0.2) is 5.69 Å². The van der Waals surface area contributed by atoms with E-state index in [0.29, 0.717) is 34.6 Å². The van der Waals surface area contributed by atoms with Gasteiger partial charge in [0.25, 0.3) is 0 Å². The van der Waals surface area contributed by atoms with Crippen LogP contribution in [-0.4, -0.2) is 54.2 Å². The largest absolute Gasteiger partial charge is 0.490 e. The number of halogens is 1. The smallest absolute Gasteiger partial charge is 0.354 e. The zero-order valence-electron chi connectivity index (χ0n) is 19.7. The fourth-order valence-electron chi connectivity index (χ4n) is 2.97. The zero-order chi connectivity index (χ0) is 25.4. The van der Waals surface area contributed by atoms with Crippen molar-refractivity contribution < 1.29 is 24.2 Å². The van der Waals surface area contributed by atoms with Crippen LogP contribution in [0.2, 0.25) is 5.02 Å². The molecule has 0 aliphatic rings. The summed E-state index contributed by atoms with van der Waals surface area (Å²) in [5, 5.41) is 15.2. The first kappa shape index (κ1) is 25.8. The van der Waals surface area contributed by atoms with Gasteiger partial charge in [0, 0.05) is 36.4 Å². The number of urea groups is 1. The van der Waals surface area contributed by atoms with Crippen LogP contribution >= 0.6 is 11.6 Å². The van der Waals surface area contributed by atoms with E-state index in [9.17, 15) is 9.59 Å². The minimum Gasteiger partial charge on any atom is -0.490 e. The highest BCUT2D eigenvalue weighted by Crippen LogP contribution is 2.31. The van der Waals surface area contributed by atoms with Gasteiger partial charge in [-0.05, 0) is 56.4 Å². The maximum Gasteiger partial charge on any atom is 0.354 e. The first-order chi connectivity index (χ1) is 16.7. The third-order valence-electron chi connectivity index (χ3n) is 4.87. The standard InChI is InChI=1S/C25H27ClN4O5/c1-16-12-21(23(14-20(16)26)34-11-10-30(2)3)29-25(33)28-15-17-4-6-18(7-5-17)35-19-8-9-27-22(13-19)24(31)32/h4-9,12-14H,10-11,15H2,1-3H3,(H,31,32)(H2,28,29,33). The van der Waals surface area contributed by atoms with E-state index in [1.807, 2.05) is 25.9 Å². The Kier molecular flexibility index (Phi) is 8.88. The number of aryl methyl sites for hydroxylation is 1. The molecule has 0 saturated heterocycles. The summed E-state index contributed by atoms with van der Waals surface area (Å²) in [6, 6.07) is 13.1. The van der Waals surface area contributed by atoms with Crippen molar-refractivity contribution in [3.8, 4) is 17.2 Å². The number of anilines is 1. The summed E-state index contributed by atoms with van der Waals surface area (Å²) in [6.45, 7) is 3.31. The molecule has 0 bridgehead atoms. The lowest BCUT2D eigenvalue weighted by Crippen LogP contribution is -2.28. The normalized spacial score (nSPS) is 10.7. The number of hydrogen-bond donors (Lipinski definition) is 3. The van der Waals surface area contributed by atoms with Gasteiger partial charge in [0.1, 0.15) is 23.9 Å². The maximum absolute atomic E-state index is 12.5. The molecule has 35 heavy (non-hydrogen) atoms. The second-order valence-corrected chi connectivity index (χ2v) is 8.39. The van der Waals surface area contributed by atoms with Crippen LogP contribution in [0, 0.1) is 6.92 Å². The Bertz CT molecular complexity index is 1180. The van der Waals surface area contributed by atoms with Crippen molar-refractivity contribution in [1.82, 2.24) is 15.2 Å². The number of likely N-dealkylation sites (N-methyl/N-ethyl adjacent to an activating group) is 1. The van der Waals surface area contributed by atoms with E-state index in [-0.39, 0.29) is 18.3 Å². The number of aromatic nitrogens is 1. The molecule has 2 amide bonds. The number of pyridine rings is 1. The van der Waals surface area contributed by atoms with E-state index in [1.165, 1.54) is 12.3 Å². The molecule has 0 aliphatic heterocycles. The van der Waals surface area contributed by atoms with Crippen molar-refractivity contribution in [2.45, 2.75) is 13.5 Å². The zero-order valence-corrected chi connectivity index (χ0v) is 20.4. The first-order valence-corrected chi connectivity index (χ1v) is 11.2. The van der Waals surface area contributed by atoms with E-state index < -0.39 is 5.97 Å². The molecule has 2 aromatic carbocycles. The first-order valence-electron chi connectivity index (χ1n) is 10.8. The van der Waals surface area contributed by atoms with Gasteiger partial charge in [-0.3, -0.25) is 0 Å². The second-order valence-electron chi connectivity index (χ2n) is 7.98. The van der Waals surface area contributed by atoms with Gasteiger partial charge < -0.3 is 30.1 Å². The molecule has 0 aliphatic carbocycles. The fraction of sp³-hybridized carbons (Fsp3) is 0.240. The molecule has 0 atom stereocenters. The van der Waals surface area contributed by atoms with Crippen molar-refractivity contribution in [1.29, 1.82) is 0 Å². The van der Waals surface area contributed by atoms with Crippen molar-refractivity contribution >= 4 is 29.3 Å². The topological polar surface area (TPSA) is 113 Å². The number of benzene rings is 2. The molecule has 0 radical (unpaired) electrons. The summed E-state index contributed by atoms with van der Waals surface area (Å²) in [5.74, 6) is 0.263.